The zero-order valence-electron chi connectivity index (χ0n) is 25.4. The van der Waals surface area contributed by atoms with E-state index in [2.05, 4.69) is 76.2 Å². The second kappa shape index (κ2) is 9.21. The van der Waals surface area contributed by atoms with Crippen molar-refractivity contribution in [1.29, 1.82) is 0 Å². The van der Waals surface area contributed by atoms with Crippen molar-refractivity contribution in [2.24, 2.45) is 0 Å². The van der Waals surface area contributed by atoms with Gasteiger partial charge in [-0.25, -0.2) is 0 Å². The summed E-state index contributed by atoms with van der Waals surface area (Å²) in [6, 6.07) is 40.6. The van der Waals surface area contributed by atoms with Gasteiger partial charge in [-0.15, -0.1) is 0 Å². The van der Waals surface area contributed by atoms with Crippen molar-refractivity contribution in [3.05, 3.63) is 166 Å². The summed E-state index contributed by atoms with van der Waals surface area (Å²) in [7, 11) is 0. The molecule has 6 aromatic carbocycles. The first-order valence-electron chi connectivity index (χ1n) is 15.3. The van der Waals surface area contributed by atoms with Gasteiger partial charge in [-0.3, -0.25) is 9.59 Å². The molecule has 8 rings (SSSR count). The maximum absolute atomic E-state index is 13.4. The van der Waals surface area contributed by atoms with Crippen LogP contribution in [0.15, 0.2) is 121 Å². The molecule has 0 amide bonds. The smallest absolute Gasteiger partial charge is 0.193 e. The van der Waals surface area contributed by atoms with Crippen LogP contribution < -0.4 is 0 Å². The number of hydrogen-bond acceptors (Lipinski definition) is 2. The molecule has 6 aromatic rings. The highest BCUT2D eigenvalue weighted by Crippen LogP contribution is 2.56. The normalized spacial score (nSPS) is 14.9. The second-order valence-electron chi connectivity index (χ2n) is 13.2. The Bertz CT molecular complexity index is 2030. The van der Waals surface area contributed by atoms with E-state index in [1.807, 2.05) is 72.8 Å². The maximum Gasteiger partial charge on any atom is 0.193 e. The SMILES string of the molecule is CC1(C)c2cc(C(=O)c3ccccc3)ccc2-c2ccc3c4c(ccc1c24)C(C)(C)c1cc(C(=O)c2ccccc2)ccc1-3. The summed E-state index contributed by atoms with van der Waals surface area (Å²) < 4.78 is 0. The molecule has 2 aliphatic rings. The van der Waals surface area contributed by atoms with E-state index < -0.39 is 0 Å². The van der Waals surface area contributed by atoms with Gasteiger partial charge in [-0.05, 0) is 67.4 Å². The molecule has 0 saturated heterocycles. The lowest BCUT2D eigenvalue weighted by Crippen LogP contribution is -2.28. The minimum atomic E-state index is -0.303. The number of hydrogen-bond donors (Lipinski definition) is 0. The fraction of sp³-hybridized carbons (Fsp3) is 0.143. The third-order valence-electron chi connectivity index (χ3n) is 10.1. The fourth-order valence-corrected chi connectivity index (χ4v) is 7.66. The van der Waals surface area contributed by atoms with Gasteiger partial charge in [0.05, 0.1) is 0 Å². The van der Waals surface area contributed by atoms with Crippen LogP contribution in [-0.4, -0.2) is 11.6 Å². The minimum absolute atomic E-state index is 0.0451. The van der Waals surface area contributed by atoms with Gasteiger partial charge in [0.1, 0.15) is 0 Å². The van der Waals surface area contributed by atoms with Crippen molar-refractivity contribution in [2.75, 3.05) is 0 Å². The predicted molar refractivity (Wildman–Crippen MR) is 179 cm³/mol. The Morgan fingerprint density at radius 2 is 0.750 bits per heavy atom. The molecule has 0 atom stereocenters. The lowest BCUT2D eigenvalue weighted by atomic mass is 9.62. The predicted octanol–water partition coefficient (Wildman–Crippen LogP) is 9.91. The molecule has 2 aliphatic carbocycles. The molecule has 0 N–H and O–H groups in total. The van der Waals surface area contributed by atoms with Crippen molar-refractivity contribution < 1.29 is 9.59 Å². The summed E-state index contributed by atoms with van der Waals surface area (Å²) in [5.41, 5.74) is 11.9. The van der Waals surface area contributed by atoms with Crippen molar-refractivity contribution in [1.82, 2.24) is 0 Å². The number of carbonyl (C=O) groups excluding carboxylic acids is 2. The quantitative estimate of drug-likeness (QED) is 0.198. The Morgan fingerprint density at radius 3 is 1.14 bits per heavy atom. The number of carbonyl (C=O) groups is 2. The molecule has 44 heavy (non-hydrogen) atoms. The topological polar surface area (TPSA) is 34.1 Å². The van der Waals surface area contributed by atoms with E-state index in [-0.39, 0.29) is 22.4 Å². The van der Waals surface area contributed by atoms with Gasteiger partial charge in [-0.1, -0.05) is 137 Å². The van der Waals surface area contributed by atoms with E-state index in [4.69, 9.17) is 0 Å². The van der Waals surface area contributed by atoms with Crippen LogP contribution in [0, 0.1) is 0 Å². The summed E-state index contributed by atoms with van der Waals surface area (Å²) >= 11 is 0. The molecule has 212 valence electrons. The van der Waals surface area contributed by atoms with Crippen LogP contribution in [0.25, 0.3) is 33.0 Å². The number of rotatable bonds is 4. The van der Waals surface area contributed by atoms with E-state index in [1.54, 1.807) is 0 Å². The highest BCUT2D eigenvalue weighted by atomic mass is 16.1. The minimum Gasteiger partial charge on any atom is -0.289 e. The average molecular weight is 569 g/mol. The molecule has 0 radical (unpaired) electrons. The molecule has 0 aliphatic heterocycles. The first-order chi connectivity index (χ1) is 21.2. The molecule has 2 heteroatoms. The first kappa shape index (κ1) is 26.5. The molecule has 0 spiro atoms. The average Bonchev–Trinajstić information content (AvgIpc) is 3.06. The molecular weight excluding hydrogens is 536 g/mol. The van der Waals surface area contributed by atoms with Crippen LogP contribution in [0.1, 0.15) is 81.8 Å². The Morgan fingerprint density at radius 1 is 0.386 bits per heavy atom. The molecule has 0 unspecified atom stereocenters. The highest BCUT2D eigenvalue weighted by Gasteiger charge is 2.40. The Labute approximate surface area is 258 Å². The van der Waals surface area contributed by atoms with Gasteiger partial charge in [-0.2, -0.15) is 0 Å². The van der Waals surface area contributed by atoms with Crippen LogP contribution in [0.2, 0.25) is 0 Å². The van der Waals surface area contributed by atoms with E-state index in [9.17, 15) is 9.59 Å². The van der Waals surface area contributed by atoms with Gasteiger partial charge in [0.25, 0.3) is 0 Å². The molecule has 0 bridgehead atoms. The summed E-state index contributed by atoms with van der Waals surface area (Å²) in [5, 5.41) is 2.59. The molecule has 0 fully saturated rings. The van der Waals surface area contributed by atoms with Crippen LogP contribution in [0.3, 0.4) is 0 Å². The molecule has 0 aromatic heterocycles. The molecular formula is C42H32O2. The van der Waals surface area contributed by atoms with Crippen LogP contribution >= 0.6 is 0 Å². The Kier molecular flexibility index (Phi) is 5.55. The molecule has 2 nitrogen and oxygen atoms in total. The van der Waals surface area contributed by atoms with Crippen molar-refractivity contribution >= 4 is 22.3 Å². The number of ketones is 2. The van der Waals surface area contributed by atoms with E-state index >= 15 is 0 Å². The fourth-order valence-electron chi connectivity index (χ4n) is 7.66. The van der Waals surface area contributed by atoms with Crippen molar-refractivity contribution in [3.8, 4) is 22.3 Å². The summed E-state index contributed by atoms with van der Waals surface area (Å²) in [4.78, 5) is 26.9. The zero-order valence-corrected chi connectivity index (χ0v) is 25.4. The zero-order chi connectivity index (χ0) is 30.4. The third kappa shape index (κ3) is 3.61. The van der Waals surface area contributed by atoms with Gasteiger partial charge in [0, 0.05) is 33.1 Å². The first-order valence-corrected chi connectivity index (χ1v) is 15.3. The summed E-state index contributed by atoms with van der Waals surface area (Å²) in [6.45, 7) is 9.11. The summed E-state index contributed by atoms with van der Waals surface area (Å²) in [6.07, 6.45) is 0. The summed E-state index contributed by atoms with van der Waals surface area (Å²) in [5.74, 6) is 0.0902. The van der Waals surface area contributed by atoms with Crippen LogP contribution in [-0.2, 0) is 10.8 Å². The Hall–Kier alpha value is -5.08. The van der Waals surface area contributed by atoms with E-state index in [0.717, 1.165) is 0 Å². The van der Waals surface area contributed by atoms with Crippen LogP contribution in [0.4, 0.5) is 0 Å². The van der Waals surface area contributed by atoms with Crippen molar-refractivity contribution in [2.45, 2.75) is 38.5 Å². The standard InChI is InChI=1S/C42H32O2/c1-41(2)33-21-22-34-38-32(30-18-16-28(24-36(30)42(34,3)4)40(44)26-13-9-6-10-14-26)20-19-31(37(33)38)29-17-15-27(23-35(29)41)39(43)25-11-7-5-8-12-25/h5-24H,1-4H3. The Balaban J connectivity index is 1.32. The second-order valence-corrected chi connectivity index (χ2v) is 13.2. The number of fused-ring (bicyclic) bond motifs is 4. The van der Waals surface area contributed by atoms with Crippen LogP contribution in [0.5, 0.6) is 0 Å². The van der Waals surface area contributed by atoms with Gasteiger partial charge >= 0.3 is 0 Å². The highest BCUT2D eigenvalue weighted by molar-refractivity contribution is 6.15. The van der Waals surface area contributed by atoms with Gasteiger partial charge in [0.15, 0.2) is 11.6 Å². The van der Waals surface area contributed by atoms with Crippen molar-refractivity contribution in [3.63, 3.8) is 0 Å². The molecule has 0 saturated carbocycles. The third-order valence-corrected chi connectivity index (χ3v) is 10.1. The largest absolute Gasteiger partial charge is 0.289 e. The monoisotopic (exact) mass is 568 g/mol. The molecule has 0 heterocycles. The van der Waals surface area contributed by atoms with E-state index in [1.165, 1.54) is 55.3 Å². The lowest BCUT2D eigenvalue weighted by molar-refractivity contribution is 0.103. The van der Waals surface area contributed by atoms with Gasteiger partial charge in [0.2, 0.25) is 0 Å². The number of benzene rings is 6. The van der Waals surface area contributed by atoms with E-state index in [0.29, 0.717) is 22.3 Å². The lowest BCUT2D eigenvalue weighted by Gasteiger charge is -2.40. The van der Waals surface area contributed by atoms with Gasteiger partial charge < -0.3 is 0 Å². The maximum atomic E-state index is 13.4.